The molecule has 0 aromatic carbocycles. The van der Waals surface area contributed by atoms with Crippen LogP contribution in [-0.4, -0.2) is 24.7 Å². The number of amides is 1. The Bertz CT molecular complexity index is 130. The maximum absolute atomic E-state index is 10.5. The Morgan fingerprint density at radius 3 is 2.60 bits per heavy atom. The van der Waals surface area contributed by atoms with Crippen molar-refractivity contribution in [2.75, 3.05) is 6.61 Å². The standard InChI is InChI=1S/C6H12N2O2/c7-4-1-2-5(6(8)9)10-3-4/h4-5H,1-3,7H2,(H2,8,9)/t4-,5+/m0/s1. The molecule has 10 heavy (non-hydrogen) atoms. The first-order valence-electron chi connectivity index (χ1n) is 3.36. The summed E-state index contributed by atoms with van der Waals surface area (Å²) < 4.78 is 5.05. The van der Waals surface area contributed by atoms with E-state index in [1.165, 1.54) is 0 Å². The van der Waals surface area contributed by atoms with Gasteiger partial charge in [-0.25, -0.2) is 0 Å². The smallest absolute Gasteiger partial charge is 0.246 e. The average molecular weight is 144 g/mol. The zero-order valence-corrected chi connectivity index (χ0v) is 5.75. The lowest BCUT2D eigenvalue weighted by molar-refractivity contribution is -0.132. The molecule has 1 saturated heterocycles. The number of hydrogen-bond donors (Lipinski definition) is 2. The van der Waals surface area contributed by atoms with Crippen LogP contribution in [-0.2, 0) is 9.53 Å². The topological polar surface area (TPSA) is 78.3 Å². The molecule has 0 saturated carbocycles. The molecule has 0 aliphatic carbocycles. The quantitative estimate of drug-likeness (QED) is 0.494. The second-order valence-electron chi connectivity index (χ2n) is 2.56. The van der Waals surface area contributed by atoms with Crippen LogP contribution in [0.4, 0.5) is 0 Å². The Morgan fingerprint density at radius 1 is 1.50 bits per heavy atom. The van der Waals surface area contributed by atoms with Crippen molar-refractivity contribution in [1.29, 1.82) is 0 Å². The van der Waals surface area contributed by atoms with Gasteiger partial charge in [-0.15, -0.1) is 0 Å². The Kier molecular flexibility index (Phi) is 2.24. The second kappa shape index (κ2) is 2.98. The molecule has 1 aliphatic rings. The molecule has 1 heterocycles. The zero-order valence-electron chi connectivity index (χ0n) is 5.75. The maximum atomic E-state index is 10.5. The van der Waals surface area contributed by atoms with Crippen molar-refractivity contribution < 1.29 is 9.53 Å². The molecule has 4 heteroatoms. The van der Waals surface area contributed by atoms with Crippen LogP contribution in [0.1, 0.15) is 12.8 Å². The van der Waals surface area contributed by atoms with E-state index < -0.39 is 6.10 Å². The van der Waals surface area contributed by atoms with Gasteiger partial charge in [0.1, 0.15) is 6.10 Å². The number of carbonyl (C=O) groups is 1. The summed E-state index contributed by atoms with van der Waals surface area (Å²) in [7, 11) is 0. The molecule has 58 valence electrons. The molecule has 4 N–H and O–H groups in total. The van der Waals surface area contributed by atoms with E-state index in [-0.39, 0.29) is 11.9 Å². The van der Waals surface area contributed by atoms with Crippen molar-refractivity contribution in [3.05, 3.63) is 0 Å². The van der Waals surface area contributed by atoms with Crippen molar-refractivity contribution >= 4 is 5.91 Å². The van der Waals surface area contributed by atoms with Crippen LogP contribution in [0.5, 0.6) is 0 Å². The summed E-state index contributed by atoms with van der Waals surface area (Å²) in [4.78, 5) is 10.5. The van der Waals surface area contributed by atoms with E-state index >= 15 is 0 Å². The molecule has 0 aromatic rings. The Morgan fingerprint density at radius 2 is 2.20 bits per heavy atom. The third-order valence-corrected chi connectivity index (χ3v) is 1.63. The van der Waals surface area contributed by atoms with Gasteiger partial charge in [-0.1, -0.05) is 0 Å². The highest BCUT2D eigenvalue weighted by molar-refractivity contribution is 5.78. The van der Waals surface area contributed by atoms with Gasteiger partial charge in [-0.3, -0.25) is 4.79 Å². The van der Waals surface area contributed by atoms with E-state index in [2.05, 4.69) is 0 Å². The van der Waals surface area contributed by atoms with E-state index in [0.717, 1.165) is 6.42 Å². The fourth-order valence-corrected chi connectivity index (χ4v) is 0.996. The summed E-state index contributed by atoms with van der Waals surface area (Å²) in [6.45, 7) is 0.452. The van der Waals surface area contributed by atoms with Gasteiger partial charge in [0.05, 0.1) is 6.61 Å². The van der Waals surface area contributed by atoms with Crippen LogP contribution >= 0.6 is 0 Å². The molecule has 4 nitrogen and oxygen atoms in total. The molecule has 0 unspecified atom stereocenters. The first-order chi connectivity index (χ1) is 4.70. The SMILES string of the molecule is NC(=O)[C@H]1CC[C@H](N)CO1. The number of nitrogens with two attached hydrogens (primary N) is 2. The predicted octanol–water partition coefficient (Wildman–Crippen LogP) is -1.02. The molecule has 0 radical (unpaired) electrons. The third-order valence-electron chi connectivity index (χ3n) is 1.63. The molecule has 1 rings (SSSR count). The lowest BCUT2D eigenvalue weighted by atomic mass is 10.1. The molecule has 2 atom stereocenters. The molecular formula is C6H12N2O2. The second-order valence-corrected chi connectivity index (χ2v) is 2.56. The van der Waals surface area contributed by atoms with Gasteiger partial charge in [0.2, 0.25) is 5.91 Å². The molecular weight excluding hydrogens is 132 g/mol. The summed E-state index contributed by atoms with van der Waals surface area (Å²) in [5.74, 6) is -0.382. The number of hydrogen-bond acceptors (Lipinski definition) is 3. The van der Waals surface area contributed by atoms with Gasteiger partial charge >= 0.3 is 0 Å². The lowest BCUT2D eigenvalue weighted by Gasteiger charge is -2.24. The van der Waals surface area contributed by atoms with Crippen molar-refractivity contribution in [3.8, 4) is 0 Å². The van der Waals surface area contributed by atoms with Crippen LogP contribution < -0.4 is 11.5 Å². The van der Waals surface area contributed by atoms with Gasteiger partial charge in [-0.2, -0.15) is 0 Å². The van der Waals surface area contributed by atoms with E-state index in [1.807, 2.05) is 0 Å². The number of primary amides is 1. The van der Waals surface area contributed by atoms with E-state index in [1.54, 1.807) is 0 Å². The van der Waals surface area contributed by atoms with Crippen molar-refractivity contribution in [1.82, 2.24) is 0 Å². The summed E-state index contributed by atoms with van der Waals surface area (Å²) in [6.07, 6.45) is 1.09. The normalized spacial score (nSPS) is 33.7. The minimum atomic E-state index is -0.403. The van der Waals surface area contributed by atoms with Crippen LogP contribution in [0.25, 0.3) is 0 Å². The zero-order chi connectivity index (χ0) is 7.56. The highest BCUT2D eigenvalue weighted by Gasteiger charge is 2.22. The van der Waals surface area contributed by atoms with Gasteiger partial charge in [0.25, 0.3) is 0 Å². The fourth-order valence-electron chi connectivity index (χ4n) is 0.996. The lowest BCUT2D eigenvalue weighted by Crippen LogP contribution is -2.41. The molecule has 0 spiro atoms. The minimum Gasteiger partial charge on any atom is -0.367 e. The summed E-state index contributed by atoms with van der Waals surface area (Å²) in [5.41, 5.74) is 10.5. The molecule has 1 fully saturated rings. The van der Waals surface area contributed by atoms with Crippen LogP contribution in [0.3, 0.4) is 0 Å². The Hall–Kier alpha value is -0.610. The van der Waals surface area contributed by atoms with Crippen LogP contribution in [0.2, 0.25) is 0 Å². The average Bonchev–Trinajstić information content (AvgIpc) is 1.88. The van der Waals surface area contributed by atoms with Gasteiger partial charge in [-0.05, 0) is 12.8 Å². The first kappa shape index (κ1) is 7.50. The molecule has 1 amide bonds. The number of rotatable bonds is 1. The maximum Gasteiger partial charge on any atom is 0.246 e. The number of ether oxygens (including phenoxy) is 1. The highest BCUT2D eigenvalue weighted by atomic mass is 16.5. The van der Waals surface area contributed by atoms with Crippen molar-refractivity contribution in [2.24, 2.45) is 11.5 Å². The van der Waals surface area contributed by atoms with Gasteiger partial charge in [0.15, 0.2) is 0 Å². The predicted molar refractivity (Wildman–Crippen MR) is 36.1 cm³/mol. The van der Waals surface area contributed by atoms with Crippen molar-refractivity contribution in [3.63, 3.8) is 0 Å². The first-order valence-corrected chi connectivity index (χ1v) is 3.36. The van der Waals surface area contributed by atoms with Crippen molar-refractivity contribution in [2.45, 2.75) is 25.0 Å². The summed E-state index contributed by atoms with van der Waals surface area (Å²) in [5, 5.41) is 0. The highest BCUT2D eigenvalue weighted by Crippen LogP contribution is 2.10. The van der Waals surface area contributed by atoms with Crippen LogP contribution in [0, 0.1) is 0 Å². The molecule has 0 aromatic heterocycles. The van der Waals surface area contributed by atoms with E-state index in [4.69, 9.17) is 16.2 Å². The third kappa shape index (κ3) is 1.68. The van der Waals surface area contributed by atoms with Crippen LogP contribution in [0.15, 0.2) is 0 Å². The monoisotopic (exact) mass is 144 g/mol. The summed E-state index contributed by atoms with van der Waals surface area (Å²) >= 11 is 0. The summed E-state index contributed by atoms with van der Waals surface area (Å²) in [6, 6.07) is 0.0793. The Labute approximate surface area is 59.5 Å². The molecule has 1 aliphatic heterocycles. The number of carbonyl (C=O) groups excluding carboxylic acids is 1. The molecule has 0 bridgehead atoms. The minimum absolute atomic E-state index is 0.0793. The van der Waals surface area contributed by atoms with E-state index in [0.29, 0.717) is 13.0 Å². The van der Waals surface area contributed by atoms with Gasteiger partial charge < -0.3 is 16.2 Å². The van der Waals surface area contributed by atoms with E-state index in [9.17, 15) is 4.79 Å². The van der Waals surface area contributed by atoms with Gasteiger partial charge in [0, 0.05) is 6.04 Å². The fraction of sp³-hybridized carbons (Fsp3) is 0.833. The Balaban J connectivity index is 2.33. The largest absolute Gasteiger partial charge is 0.367 e.